The summed E-state index contributed by atoms with van der Waals surface area (Å²) in [6.07, 6.45) is 1.12. The molecule has 0 heterocycles. The SMILES string of the molecule is N#C/C(=C\c1cc(I)c(O)c([N+](=O)[O-])c1)C(=O)c1cccc([N+](=O)[O-])c1. The molecular formula is C16H8IN3O6. The highest BCUT2D eigenvalue weighted by Gasteiger charge is 2.19. The second-order valence-corrected chi connectivity index (χ2v) is 6.10. The highest BCUT2D eigenvalue weighted by molar-refractivity contribution is 14.1. The van der Waals surface area contributed by atoms with Crippen LogP contribution in [0, 0.1) is 35.1 Å². The first kappa shape index (κ1) is 19.0. The number of phenols is 1. The molecule has 26 heavy (non-hydrogen) atoms. The lowest BCUT2D eigenvalue weighted by molar-refractivity contribution is -0.386. The number of aromatic hydroxyl groups is 1. The number of halogens is 1. The van der Waals surface area contributed by atoms with E-state index < -0.39 is 27.1 Å². The summed E-state index contributed by atoms with van der Waals surface area (Å²) >= 11 is 1.68. The number of ketones is 1. The number of nitro groups is 2. The quantitative estimate of drug-likeness (QED) is 0.177. The Balaban J connectivity index is 2.50. The molecule has 0 atom stereocenters. The molecule has 0 bridgehead atoms. The predicted octanol–water partition coefficient (Wildman–Crippen LogP) is 3.60. The minimum Gasteiger partial charge on any atom is -0.501 e. The van der Waals surface area contributed by atoms with Gasteiger partial charge in [-0.05, 0) is 40.3 Å². The first-order valence-electron chi connectivity index (χ1n) is 6.82. The van der Waals surface area contributed by atoms with E-state index in [2.05, 4.69) is 0 Å². The molecule has 0 aliphatic carbocycles. The van der Waals surface area contributed by atoms with Crippen LogP contribution >= 0.6 is 22.6 Å². The summed E-state index contributed by atoms with van der Waals surface area (Å²) in [6.45, 7) is 0. The molecule has 0 aliphatic heterocycles. The molecular weight excluding hydrogens is 457 g/mol. The Kier molecular flexibility index (Phi) is 5.63. The van der Waals surface area contributed by atoms with Gasteiger partial charge in [0.25, 0.3) is 5.69 Å². The van der Waals surface area contributed by atoms with Gasteiger partial charge in [0.1, 0.15) is 11.6 Å². The monoisotopic (exact) mass is 465 g/mol. The first-order chi connectivity index (χ1) is 12.2. The topological polar surface area (TPSA) is 147 Å². The van der Waals surface area contributed by atoms with E-state index in [4.69, 9.17) is 0 Å². The number of Topliss-reactive ketones (excluding diaryl/α,β-unsaturated/α-hetero) is 1. The Hall–Kier alpha value is -3.33. The van der Waals surface area contributed by atoms with Crippen LogP contribution < -0.4 is 0 Å². The third-order valence-electron chi connectivity index (χ3n) is 3.26. The van der Waals surface area contributed by atoms with Crippen molar-refractivity contribution in [2.75, 3.05) is 0 Å². The van der Waals surface area contributed by atoms with Crippen LogP contribution in [0.4, 0.5) is 11.4 Å². The first-order valence-corrected chi connectivity index (χ1v) is 7.90. The summed E-state index contributed by atoms with van der Waals surface area (Å²) in [6, 6.07) is 8.95. The van der Waals surface area contributed by atoms with Crippen molar-refractivity contribution >= 4 is 45.8 Å². The number of carbonyl (C=O) groups is 1. The maximum atomic E-state index is 12.4. The van der Waals surface area contributed by atoms with Gasteiger partial charge in [-0.25, -0.2) is 0 Å². The average molecular weight is 465 g/mol. The zero-order valence-corrected chi connectivity index (χ0v) is 14.9. The fourth-order valence-corrected chi connectivity index (χ4v) is 2.69. The average Bonchev–Trinajstić information content (AvgIpc) is 2.61. The fraction of sp³-hybridized carbons (Fsp3) is 0. The van der Waals surface area contributed by atoms with Gasteiger partial charge in [-0.1, -0.05) is 12.1 Å². The van der Waals surface area contributed by atoms with Gasteiger partial charge in [0, 0.05) is 23.8 Å². The zero-order valence-electron chi connectivity index (χ0n) is 12.7. The molecule has 0 saturated carbocycles. The van der Waals surface area contributed by atoms with Crippen molar-refractivity contribution in [2.24, 2.45) is 0 Å². The molecule has 0 saturated heterocycles. The molecule has 2 rings (SSSR count). The Morgan fingerprint density at radius 1 is 1.19 bits per heavy atom. The molecule has 2 aromatic carbocycles. The third kappa shape index (κ3) is 4.01. The number of benzene rings is 2. The number of carbonyl (C=O) groups excluding carboxylic acids is 1. The Bertz CT molecular complexity index is 1010. The lowest BCUT2D eigenvalue weighted by atomic mass is 10.0. The number of hydrogen-bond acceptors (Lipinski definition) is 7. The maximum Gasteiger partial charge on any atom is 0.312 e. The molecule has 2 aromatic rings. The van der Waals surface area contributed by atoms with Crippen LogP contribution in [-0.2, 0) is 0 Å². The normalized spacial score (nSPS) is 10.8. The van der Waals surface area contributed by atoms with Crippen molar-refractivity contribution in [3.63, 3.8) is 0 Å². The Morgan fingerprint density at radius 3 is 2.46 bits per heavy atom. The van der Waals surface area contributed by atoms with E-state index in [9.17, 15) is 35.4 Å². The molecule has 1 N–H and O–H groups in total. The van der Waals surface area contributed by atoms with Crippen LogP contribution in [0.15, 0.2) is 42.0 Å². The highest BCUT2D eigenvalue weighted by Crippen LogP contribution is 2.33. The van der Waals surface area contributed by atoms with Crippen LogP contribution in [0.2, 0.25) is 0 Å². The fourth-order valence-electron chi connectivity index (χ4n) is 2.06. The van der Waals surface area contributed by atoms with Crippen LogP contribution in [0.3, 0.4) is 0 Å². The lowest BCUT2D eigenvalue weighted by Crippen LogP contribution is -2.03. The van der Waals surface area contributed by atoms with Gasteiger partial charge in [0.05, 0.1) is 13.4 Å². The molecule has 130 valence electrons. The number of rotatable bonds is 5. The minimum absolute atomic E-state index is 0.0602. The number of allylic oxidation sites excluding steroid dienone is 1. The summed E-state index contributed by atoms with van der Waals surface area (Å²) in [4.78, 5) is 32.7. The zero-order chi connectivity index (χ0) is 19.4. The maximum absolute atomic E-state index is 12.4. The van der Waals surface area contributed by atoms with Crippen molar-refractivity contribution in [3.05, 3.63) is 76.9 Å². The van der Waals surface area contributed by atoms with E-state index in [-0.39, 0.29) is 26.0 Å². The smallest absolute Gasteiger partial charge is 0.312 e. The molecule has 0 amide bonds. The molecule has 0 spiro atoms. The van der Waals surface area contributed by atoms with Crippen LogP contribution in [0.25, 0.3) is 6.08 Å². The number of nitrogens with zero attached hydrogens (tertiary/aromatic N) is 3. The van der Waals surface area contributed by atoms with E-state index in [1.165, 1.54) is 24.3 Å². The van der Waals surface area contributed by atoms with E-state index in [0.29, 0.717) is 0 Å². The van der Waals surface area contributed by atoms with E-state index in [0.717, 1.165) is 18.2 Å². The van der Waals surface area contributed by atoms with Crippen LogP contribution in [-0.4, -0.2) is 20.7 Å². The largest absolute Gasteiger partial charge is 0.501 e. The van der Waals surface area contributed by atoms with Crippen molar-refractivity contribution in [2.45, 2.75) is 0 Å². The summed E-state index contributed by atoms with van der Waals surface area (Å²) in [7, 11) is 0. The van der Waals surface area contributed by atoms with Gasteiger partial charge in [-0.3, -0.25) is 25.0 Å². The van der Waals surface area contributed by atoms with Gasteiger partial charge in [-0.2, -0.15) is 5.26 Å². The minimum atomic E-state index is -0.788. The van der Waals surface area contributed by atoms with Crippen molar-refractivity contribution < 1.29 is 19.7 Å². The van der Waals surface area contributed by atoms with Crippen LogP contribution in [0.1, 0.15) is 15.9 Å². The molecule has 0 fully saturated rings. The molecule has 10 heteroatoms. The van der Waals surface area contributed by atoms with Gasteiger partial charge in [-0.15, -0.1) is 0 Å². The van der Waals surface area contributed by atoms with Crippen LogP contribution in [0.5, 0.6) is 5.75 Å². The second kappa shape index (κ2) is 7.70. The third-order valence-corrected chi connectivity index (χ3v) is 4.08. The number of nitro benzene ring substituents is 2. The lowest BCUT2D eigenvalue weighted by Gasteiger charge is -2.03. The summed E-state index contributed by atoms with van der Waals surface area (Å²) in [5.74, 6) is -1.28. The van der Waals surface area contributed by atoms with E-state index >= 15 is 0 Å². The Labute approximate surface area is 159 Å². The van der Waals surface area contributed by atoms with Gasteiger partial charge in [0.15, 0.2) is 0 Å². The molecule has 0 radical (unpaired) electrons. The number of non-ortho nitro benzene ring substituents is 1. The van der Waals surface area contributed by atoms with Crippen molar-refractivity contribution in [3.8, 4) is 11.8 Å². The summed E-state index contributed by atoms with van der Waals surface area (Å²) in [5, 5.41) is 40.7. The standard InChI is InChI=1S/C16H8IN3O6/c17-13-5-9(6-14(16(13)22)20(25)26)4-11(8-18)15(21)10-2-1-3-12(7-10)19(23)24/h1-7,22H/b11-4+. The Morgan fingerprint density at radius 2 is 1.88 bits per heavy atom. The van der Waals surface area contributed by atoms with Gasteiger partial charge in [0.2, 0.25) is 11.5 Å². The predicted molar refractivity (Wildman–Crippen MR) is 98.5 cm³/mol. The second-order valence-electron chi connectivity index (χ2n) is 4.93. The number of phenolic OH excluding ortho intramolecular Hbond substituents is 1. The van der Waals surface area contributed by atoms with Gasteiger partial charge < -0.3 is 5.11 Å². The highest BCUT2D eigenvalue weighted by atomic mass is 127. The molecule has 9 nitrogen and oxygen atoms in total. The van der Waals surface area contributed by atoms with Crippen molar-refractivity contribution in [1.82, 2.24) is 0 Å². The molecule has 0 aliphatic rings. The number of hydrogen-bond donors (Lipinski definition) is 1. The molecule has 0 aromatic heterocycles. The molecule has 0 unspecified atom stereocenters. The van der Waals surface area contributed by atoms with E-state index in [1.807, 2.05) is 0 Å². The summed E-state index contributed by atoms with van der Waals surface area (Å²) in [5.41, 5.74) is -1.13. The van der Waals surface area contributed by atoms with E-state index in [1.54, 1.807) is 28.7 Å². The van der Waals surface area contributed by atoms with Gasteiger partial charge >= 0.3 is 5.69 Å². The summed E-state index contributed by atoms with van der Waals surface area (Å²) < 4.78 is 0.170. The number of nitriles is 1. The van der Waals surface area contributed by atoms with Crippen molar-refractivity contribution in [1.29, 1.82) is 5.26 Å².